The topological polar surface area (TPSA) is 12.5 Å². The van der Waals surface area contributed by atoms with Gasteiger partial charge >= 0.3 is 0 Å². The summed E-state index contributed by atoms with van der Waals surface area (Å²) in [4.78, 5) is 2.45. The zero-order valence-corrected chi connectivity index (χ0v) is 26.8. The Hall–Kier alpha value is -6.38. The Labute approximate surface area is 286 Å². The number of rotatable bonds is 4. The van der Waals surface area contributed by atoms with E-state index >= 15 is 0 Å². The van der Waals surface area contributed by atoms with Crippen LogP contribution in [-0.2, 0) is 5.41 Å². The number of ether oxygens (including phenoxy) is 1. The molecule has 0 fully saturated rings. The molecule has 0 radical (unpaired) electrons. The first-order chi connectivity index (χ1) is 24.3. The summed E-state index contributed by atoms with van der Waals surface area (Å²) in [7, 11) is 0. The van der Waals surface area contributed by atoms with Gasteiger partial charge in [0.1, 0.15) is 11.5 Å². The zero-order valence-electron chi connectivity index (χ0n) is 26.8. The molecule has 7 aromatic carbocycles. The summed E-state index contributed by atoms with van der Waals surface area (Å²) < 4.78 is 6.69. The highest BCUT2D eigenvalue weighted by Crippen LogP contribution is 2.63. The molecule has 0 saturated carbocycles. The second-order valence-electron chi connectivity index (χ2n) is 12.9. The second kappa shape index (κ2) is 10.8. The lowest BCUT2D eigenvalue weighted by molar-refractivity contribution is 0.434. The molecule has 3 aliphatic rings. The molecule has 7 aromatic rings. The fourth-order valence-electron chi connectivity index (χ4n) is 8.00. The molecule has 2 heterocycles. The number of benzene rings is 7. The lowest BCUT2D eigenvalue weighted by Crippen LogP contribution is -2.40. The van der Waals surface area contributed by atoms with E-state index in [4.69, 9.17) is 4.74 Å². The third-order valence-electron chi connectivity index (χ3n) is 10.3. The zero-order chi connectivity index (χ0) is 32.4. The van der Waals surface area contributed by atoms with Crippen molar-refractivity contribution in [3.63, 3.8) is 0 Å². The van der Waals surface area contributed by atoms with Crippen molar-refractivity contribution in [3.8, 4) is 33.8 Å². The van der Waals surface area contributed by atoms with Crippen LogP contribution in [0.2, 0.25) is 0 Å². The van der Waals surface area contributed by atoms with Crippen molar-refractivity contribution in [2.75, 3.05) is 4.90 Å². The summed E-state index contributed by atoms with van der Waals surface area (Å²) >= 11 is 0. The van der Waals surface area contributed by atoms with E-state index in [-0.39, 0.29) is 0 Å². The molecule has 49 heavy (non-hydrogen) atoms. The molecule has 2 heteroatoms. The minimum atomic E-state index is -0.634. The molecule has 0 saturated heterocycles. The first-order valence-corrected chi connectivity index (χ1v) is 16.8. The predicted molar refractivity (Wildman–Crippen MR) is 201 cm³/mol. The first-order valence-electron chi connectivity index (χ1n) is 16.8. The van der Waals surface area contributed by atoms with Crippen LogP contribution < -0.4 is 9.64 Å². The summed E-state index contributed by atoms with van der Waals surface area (Å²) in [5.41, 5.74) is 14.8. The van der Waals surface area contributed by atoms with Crippen molar-refractivity contribution in [2.24, 2.45) is 0 Å². The van der Waals surface area contributed by atoms with E-state index in [1.54, 1.807) is 0 Å². The van der Waals surface area contributed by atoms with Crippen molar-refractivity contribution in [1.29, 1.82) is 0 Å². The Kier molecular flexibility index (Phi) is 6.13. The Morgan fingerprint density at radius 1 is 0.408 bits per heavy atom. The summed E-state index contributed by atoms with van der Waals surface area (Å²) in [5, 5.41) is 0. The van der Waals surface area contributed by atoms with E-state index in [1.807, 2.05) is 0 Å². The Balaban J connectivity index is 1.31. The number of anilines is 3. The number of para-hydroxylation sites is 2. The molecule has 0 amide bonds. The van der Waals surface area contributed by atoms with Gasteiger partial charge in [0.25, 0.3) is 0 Å². The maximum Gasteiger partial charge on any atom is 0.132 e. The Morgan fingerprint density at radius 2 is 0.878 bits per heavy atom. The van der Waals surface area contributed by atoms with Crippen LogP contribution in [0, 0.1) is 0 Å². The van der Waals surface area contributed by atoms with Crippen LogP contribution in [-0.4, -0.2) is 0 Å². The summed E-state index contributed by atoms with van der Waals surface area (Å²) in [6.07, 6.45) is 6.51. The maximum atomic E-state index is 6.69. The minimum Gasteiger partial charge on any atom is -0.457 e. The van der Waals surface area contributed by atoms with E-state index in [0.29, 0.717) is 0 Å². The molecule has 10 rings (SSSR count). The number of fused-ring (bicyclic) bond motifs is 8. The lowest BCUT2D eigenvalue weighted by Gasteiger charge is -2.49. The van der Waals surface area contributed by atoms with Gasteiger partial charge in [0.2, 0.25) is 0 Å². The fourth-order valence-corrected chi connectivity index (χ4v) is 8.00. The SMILES string of the molecule is C1=CC(c2ccc3c(c2)C2(c4ccccc4Oc4ccccc42)c2cc(-c4ccccc4)ccc2N3c2ccc(-c3ccccc3)cc2)=C1. The van der Waals surface area contributed by atoms with Gasteiger partial charge in [-0.25, -0.2) is 0 Å². The van der Waals surface area contributed by atoms with Crippen molar-refractivity contribution < 1.29 is 4.74 Å². The molecule has 0 atom stereocenters. The van der Waals surface area contributed by atoms with Crippen LogP contribution in [0.15, 0.2) is 188 Å². The quantitative estimate of drug-likeness (QED) is 0.193. The third kappa shape index (κ3) is 4.14. The number of nitrogens with zero attached hydrogens (tertiary/aromatic N) is 1. The fraction of sp³-hybridized carbons (Fsp3) is 0.0213. The average Bonchev–Trinajstić information content (AvgIpc) is 3.15. The maximum absolute atomic E-state index is 6.69. The van der Waals surface area contributed by atoms with E-state index in [2.05, 4.69) is 193 Å². The summed E-state index contributed by atoms with van der Waals surface area (Å²) in [6.45, 7) is 0. The molecule has 1 spiro atoms. The number of hydrogen-bond donors (Lipinski definition) is 0. The average molecular weight is 626 g/mol. The van der Waals surface area contributed by atoms with Gasteiger partial charge in [-0.1, -0.05) is 140 Å². The van der Waals surface area contributed by atoms with Gasteiger partial charge in [0.15, 0.2) is 0 Å². The van der Waals surface area contributed by atoms with Gasteiger partial charge in [0, 0.05) is 16.8 Å². The monoisotopic (exact) mass is 625 g/mol. The van der Waals surface area contributed by atoms with Gasteiger partial charge in [-0.05, 0) is 93.0 Å². The van der Waals surface area contributed by atoms with Gasteiger partial charge in [-0.2, -0.15) is 0 Å². The second-order valence-corrected chi connectivity index (χ2v) is 12.9. The normalized spacial score (nSPS) is 14.4. The van der Waals surface area contributed by atoms with Crippen LogP contribution >= 0.6 is 0 Å². The summed E-state index contributed by atoms with van der Waals surface area (Å²) in [6, 6.07) is 61.5. The van der Waals surface area contributed by atoms with E-state index in [1.165, 1.54) is 44.5 Å². The molecule has 0 N–H and O–H groups in total. The Bertz CT molecular complexity index is 2410. The highest BCUT2D eigenvalue weighted by atomic mass is 16.5. The van der Waals surface area contributed by atoms with Crippen LogP contribution in [0.4, 0.5) is 17.1 Å². The molecule has 2 aliphatic heterocycles. The van der Waals surface area contributed by atoms with E-state index in [9.17, 15) is 0 Å². The molecular formula is C47H31NO. The number of hydrogen-bond acceptors (Lipinski definition) is 2. The first kappa shape index (κ1) is 27.7. The molecule has 2 nitrogen and oxygen atoms in total. The standard InChI is InChI=1S/C47H31NO/c1-3-12-32(13-4-1)35-22-26-38(27-23-35)48-43-28-24-36(33-14-5-2-6-15-33)30-41(43)47(42-31-37(25-29-44(42)48)34-16-11-17-34)39-18-7-9-20-45(39)49-46-21-10-8-19-40(46)47/h1-31H. The lowest BCUT2D eigenvalue weighted by atomic mass is 9.60. The third-order valence-corrected chi connectivity index (χ3v) is 10.3. The van der Waals surface area contributed by atoms with E-state index < -0.39 is 5.41 Å². The summed E-state index contributed by atoms with van der Waals surface area (Å²) in [5.74, 6) is 1.77. The molecule has 0 aromatic heterocycles. The van der Waals surface area contributed by atoms with Gasteiger partial charge in [0.05, 0.1) is 16.8 Å². The molecule has 230 valence electrons. The Morgan fingerprint density at radius 3 is 1.45 bits per heavy atom. The highest BCUT2D eigenvalue weighted by molar-refractivity contribution is 5.94. The van der Waals surface area contributed by atoms with Crippen molar-refractivity contribution >= 4 is 22.6 Å². The highest BCUT2D eigenvalue weighted by Gasteiger charge is 2.51. The van der Waals surface area contributed by atoms with Gasteiger partial charge in [-0.3, -0.25) is 0 Å². The van der Waals surface area contributed by atoms with E-state index in [0.717, 1.165) is 39.7 Å². The van der Waals surface area contributed by atoms with Crippen LogP contribution in [0.25, 0.3) is 27.8 Å². The molecular weight excluding hydrogens is 595 g/mol. The van der Waals surface area contributed by atoms with Crippen molar-refractivity contribution in [2.45, 2.75) is 5.41 Å². The smallest absolute Gasteiger partial charge is 0.132 e. The van der Waals surface area contributed by atoms with Crippen molar-refractivity contribution in [3.05, 3.63) is 216 Å². The van der Waals surface area contributed by atoms with Crippen molar-refractivity contribution in [1.82, 2.24) is 0 Å². The van der Waals surface area contributed by atoms with Crippen LogP contribution in [0.1, 0.15) is 27.8 Å². The minimum absolute atomic E-state index is 0.634. The molecule has 0 bridgehead atoms. The predicted octanol–water partition coefficient (Wildman–Crippen LogP) is 12.2. The van der Waals surface area contributed by atoms with Crippen LogP contribution in [0.5, 0.6) is 11.5 Å². The number of allylic oxidation sites excluding steroid dienone is 4. The van der Waals surface area contributed by atoms with Crippen LogP contribution in [0.3, 0.4) is 0 Å². The molecule has 0 unspecified atom stereocenters. The largest absolute Gasteiger partial charge is 0.457 e. The van der Waals surface area contributed by atoms with Gasteiger partial charge in [-0.15, -0.1) is 0 Å². The van der Waals surface area contributed by atoms with Gasteiger partial charge < -0.3 is 9.64 Å². The molecule has 1 aliphatic carbocycles.